The standard InChI is InChI=1S/C25H40N4O3.C4H10/c1-19(2)15-22-25(31)29(14-11-26-22)17-24(30)28-12-9-20(10-13-28)18-32-23-8-6-5-7-21(23)16-27(3)4;1-4(2)3/h5-8,19-20,22,26H,9-18H2,1-4H3;4H,1-3H3. The first-order valence-corrected chi connectivity index (χ1v) is 13.7. The molecule has 2 aliphatic heterocycles. The van der Waals surface area contributed by atoms with Gasteiger partial charge in [0.05, 0.1) is 19.2 Å². The first-order valence-electron chi connectivity index (χ1n) is 13.7. The normalized spacial score (nSPS) is 19.1. The van der Waals surface area contributed by atoms with Gasteiger partial charge in [0.25, 0.3) is 0 Å². The maximum Gasteiger partial charge on any atom is 0.242 e. The van der Waals surface area contributed by atoms with Crippen molar-refractivity contribution in [1.82, 2.24) is 20.0 Å². The van der Waals surface area contributed by atoms with Gasteiger partial charge < -0.3 is 24.8 Å². The number of rotatable bonds is 9. The Morgan fingerprint density at radius 2 is 1.72 bits per heavy atom. The minimum absolute atomic E-state index is 0.0676. The van der Waals surface area contributed by atoms with Crippen LogP contribution in [0.1, 0.15) is 59.4 Å². The van der Waals surface area contributed by atoms with Crippen LogP contribution in [0.5, 0.6) is 5.75 Å². The quantitative estimate of drug-likeness (QED) is 0.555. The molecule has 1 aromatic carbocycles. The average molecular weight is 503 g/mol. The predicted molar refractivity (Wildman–Crippen MR) is 147 cm³/mol. The lowest BCUT2D eigenvalue weighted by molar-refractivity contribution is -0.144. The third-order valence-corrected chi connectivity index (χ3v) is 6.32. The summed E-state index contributed by atoms with van der Waals surface area (Å²) in [6.45, 7) is 15.3. The van der Waals surface area contributed by atoms with Crippen LogP contribution in [0.2, 0.25) is 0 Å². The summed E-state index contributed by atoms with van der Waals surface area (Å²) < 4.78 is 6.16. The number of carbonyl (C=O) groups excluding carboxylic acids is 2. The molecule has 36 heavy (non-hydrogen) atoms. The Labute approximate surface area is 219 Å². The average Bonchev–Trinajstić information content (AvgIpc) is 2.80. The maximum atomic E-state index is 12.8. The number of benzene rings is 1. The highest BCUT2D eigenvalue weighted by atomic mass is 16.5. The third kappa shape index (κ3) is 10.5. The molecule has 7 nitrogen and oxygen atoms in total. The van der Waals surface area contributed by atoms with Crippen molar-refractivity contribution in [3.05, 3.63) is 29.8 Å². The van der Waals surface area contributed by atoms with Gasteiger partial charge in [-0.1, -0.05) is 52.8 Å². The van der Waals surface area contributed by atoms with E-state index in [2.05, 4.69) is 65.0 Å². The predicted octanol–water partition coefficient (Wildman–Crippen LogP) is 3.87. The first kappa shape index (κ1) is 30.1. The van der Waals surface area contributed by atoms with Crippen molar-refractivity contribution >= 4 is 11.8 Å². The second-order valence-electron chi connectivity index (χ2n) is 11.6. The van der Waals surface area contributed by atoms with Crippen LogP contribution in [0.25, 0.3) is 0 Å². The zero-order valence-electron chi connectivity index (χ0n) is 23.8. The summed E-state index contributed by atoms with van der Waals surface area (Å²) in [6.07, 6.45) is 2.69. The van der Waals surface area contributed by atoms with Crippen LogP contribution in [-0.4, -0.2) is 86.0 Å². The molecule has 1 N–H and O–H groups in total. The molecule has 2 saturated heterocycles. The number of ether oxygens (including phenoxy) is 1. The van der Waals surface area contributed by atoms with E-state index in [1.807, 2.05) is 23.1 Å². The highest BCUT2D eigenvalue weighted by Gasteiger charge is 2.32. The molecule has 1 atom stereocenters. The summed E-state index contributed by atoms with van der Waals surface area (Å²) in [5, 5.41) is 3.30. The minimum atomic E-state index is -0.158. The molecule has 2 heterocycles. The Kier molecular flexibility index (Phi) is 12.7. The molecule has 0 spiro atoms. The summed E-state index contributed by atoms with van der Waals surface area (Å²) in [6, 6.07) is 8.05. The van der Waals surface area contributed by atoms with Crippen molar-refractivity contribution in [2.75, 3.05) is 53.4 Å². The van der Waals surface area contributed by atoms with Gasteiger partial charge in [0.15, 0.2) is 0 Å². The van der Waals surface area contributed by atoms with Crippen molar-refractivity contribution in [1.29, 1.82) is 0 Å². The zero-order valence-corrected chi connectivity index (χ0v) is 23.8. The molecule has 2 amide bonds. The summed E-state index contributed by atoms with van der Waals surface area (Å²) >= 11 is 0. The molecule has 0 aliphatic carbocycles. The number of para-hydroxylation sites is 1. The topological polar surface area (TPSA) is 65.1 Å². The van der Waals surface area contributed by atoms with Gasteiger partial charge in [-0.05, 0) is 57.2 Å². The van der Waals surface area contributed by atoms with E-state index in [-0.39, 0.29) is 24.4 Å². The largest absolute Gasteiger partial charge is 0.493 e. The van der Waals surface area contributed by atoms with Crippen molar-refractivity contribution in [2.24, 2.45) is 17.8 Å². The molecule has 2 aliphatic rings. The number of nitrogens with one attached hydrogen (secondary N) is 1. The second-order valence-corrected chi connectivity index (χ2v) is 11.6. The number of hydrogen-bond donors (Lipinski definition) is 1. The van der Waals surface area contributed by atoms with Crippen LogP contribution in [0.3, 0.4) is 0 Å². The summed E-state index contributed by atoms with van der Waals surface area (Å²) in [7, 11) is 4.11. The van der Waals surface area contributed by atoms with Gasteiger partial charge in [0, 0.05) is 38.3 Å². The summed E-state index contributed by atoms with van der Waals surface area (Å²) in [5.41, 5.74) is 1.20. The SMILES string of the molecule is CC(C)C.CC(C)CC1NCCN(CC(=O)N2CCC(COc3ccccc3CN(C)C)CC2)C1=O. The molecular weight excluding hydrogens is 452 g/mol. The molecular formula is C29H50N4O3. The van der Waals surface area contributed by atoms with E-state index in [1.165, 1.54) is 5.56 Å². The van der Waals surface area contributed by atoms with Crippen LogP contribution >= 0.6 is 0 Å². The van der Waals surface area contributed by atoms with Gasteiger partial charge in [-0.25, -0.2) is 0 Å². The van der Waals surface area contributed by atoms with Crippen molar-refractivity contribution < 1.29 is 14.3 Å². The number of likely N-dealkylation sites (tertiary alicyclic amines) is 1. The number of nitrogens with zero attached hydrogens (tertiary/aromatic N) is 3. The van der Waals surface area contributed by atoms with E-state index in [0.29, 0.717) is 25.0 Å². The lowest BCUT2D eigenvalue weighted by Crippen LogP contribution is -2.57. The highest BCUT2D eigenvalue weighted by molar-refractivity contribution is 5.88. The second kappa shape index (κ2) is 15.2. The Morgan fingerprint density at radius 3 is 2.33 bits per heavy atom. The zero-order chi connectivity index (χ0) is 26.7. The fraction of sp³-hybridized carbons (Fsp3) is 0.724. The fourth-order valence-electron chi connectivity index (χ4n) is 4.54. The number of piperazine rings is 1. The van der Waals surface area contributed by atoms with Gasteiger partial charge >= 0.3 is 0 Å². The van der Waals surface area contributed by atoms with Crippen LogP contribution in [0.15, 0.2) is 24.3 Å². The van der Waals surface area contributed by atoms with Crippen LogP contribution in [0.4, 0.5) is 0 Å². The molecule has 2 fully saturated rings. The Bertz CT molecular complexity index is 801. The van der Waals surface area contributed by atoms with Crippen LogP contribution in [-0.2, 0) is 16.1 Å². The van der Waals surface area contributed by atoms with Gasteiger partial charge in [0.1, 0.15) is 5.75 Å². The van der Waals surface area contributed by atoms with E-state index < -0.39 is 0 Å². The fourth-order valence-corrected chi connectivity index (χ4v) is 4.54. The van der Waals surface area contributed by atoms with E-state index in [1.54, 1.807) is 4.90 Å². The molecule has 7 heteroatoms. The van der Waals surface area contributed by atoms with Gasteiger partial charge in [-0.15, -0.1) is 0 Å². The molecule has 0 bridgehead atoms. The van der Waals surface area contributed by atoms with Crippen molar-refractivity contribution in [3.8, 4) is 5.75 Å². The minimum Gasteiger partial charge on any atom is -0.493 e. The van der Waals surface area contributed by atoms with E-state index >= 15 is 0 Å². The Hall–Kier alpha value is -2.12. The maximum absolute atomic E-state index is 12.8. The van der Waals surface area contributed by atoms with Crippen molar-refractivity contribution in [3.63, 3.8) is 0 Å². The van der Waals surface area contributed by atoms with E-state index in [4.69, 9.17) is 4.74 Å². The van der Waals surface area contributed by atoms with E-state index in [9.17, 15) is 9.59 Å². The lowest BCUT2D eigenvalue weighted by Gasteiger charge is -2.36. The third-order valence-electron chi connectivity index (χ3n) is 6.32. The van der Waals surface area contributed by atoms with E-state index in [0.717, 1.165) is 57.1 Å². The molecule has 3 rings (SSSR count). The van der Waals surface area contributed by atoms with Gasteiger partial charge in [-0.3, -0.25) is 9.59 Å². The number of hydrogen-bond acceptors (Lipinski definition) is 5. The smallest absolute Gasteiger partial charge is 0.242 e. The van der Waals surface area contributed by atoms with Gasteiger partial charge in [0.2, 0.25) is 11.8 Å². The number of carbonyl (C=O) groups is 2. The highest BCUT2D eigenvalue weighted by Crippen LogP contribution is 2.23. The molecule has 204 valence electrons. The van der Waals surface area contributed by atoms with Crippen molar-refractivity contribution in [2.45, 2.75) is 66.5 Å². The van der Waals surface area contributed by atoms with Crippen LogP contribution in [0, 0.1) is 17.8 Å². The van der Waals surface area contributed by atoms with Crippen LogP contribution < -0.4 is 10.1 Å². The molecule has 0 radical (unpaired) electrons. The Morgan fingerprint density at radius 1 is 1.08 bits per heavy atom. The lowest BCUT2D eigenvalue weighted by atomic mass is 9.97. The molecule has 0 aromatic heterocycles. The molecule has 0 saturated carbocycles. The molecule has 1 unspecified atom stereocenters. The van der Waals surface area contributed by atoms with Gasteiger partial charge in [-0.2, -0.15) is 0 Å². The number of amides is 2. The summed E-state index contributed by atoms with van der Waals surface area (Å²) in [4.78, 5) is 31.4. The number of piperidine rings is 1. The summed E-state index contributed by atoms with van der Waals surface area (Å²) in [5.74, 6) is 2.82. The Balaban J connectivity index is 0.00000106. The monoisotopic (exact) mass is 502 g/mol. The molecule has 1 aromatic rings. The first-order chi connectivity index (χ1) is 17.1.